The molecule has 1 aromatic heterocycles. The van der Waals surface area contributed by atoms with Gasteiger partial charge in [0.1, 0.15) is 0 Å². The second kappa shape index (κ2) is 6.37. The molecule has 0 bridgehead atoms. The lowest BCUT2D eigenvalue weighted by molar-refractivity contribution is 0.623. The van der Waals surface area contributed by atoms with E-state index in [0.717, 1.165) is 38.7 Å². The van der Waals surface area contributed by atoms with Crippen LogP contribution in [0.5, 0.6) is 0 Å². The maximum absolute atomic E-state index is 6.29. The van der Waals surface area contributed by atoms with Crippen molar-refractivity contribution in [1.29, 1.82) is 0 Å². The number of rotatable bonds is 4. The lowest BCUT2D eigenvalue weighted by Crippen LogP contribution is -2.08. The number of halogens is 3. The van der Waals surface area contributed by atoms with Gasteiger partial charge in [-0.1, -0.05) is 23.2 Å². The molecule has 2 aromatic rings. The standard InChI is InChI=1S/C14H16BrCl2N3/c1-4-20-13(14(17)9(3)19-20)7-18-12-6-11(16)8(2)5-10(12)15/h5-6,18H,4,7H2,1-3H3. The van der Waals surface area contributed by atoms with Crippen LogP contribution in [-0.2, 0) is 13.1 Å². The molecule has 20 heavy (non-hydrogen) atoms. The SMILES string of the molecule is CCn1nc(C)c(Cl)c1CNc1cc(Cl)c(C)cc1Br. The highest BCUT2D eigenvalue weighted by Gasteiger charge is 2.13. The van der Waals surface area contributed by atoms with Gasteiger partial charge in [-0.2, -0.15) is 5.10 Å². The quantitative estimate of drug-likeness (QED) is 0.794. The maximum Gasteiger partial charge on any atom is 0.0865 e. The molecular formula is C14H16BrCl2N3. The number of benzene rings is 1. The second-order valence-electron chi connectivity index (χ2n) is 4.60. The van der Waals surface area contributed by atoms with Gasteiger partial charge in [0, 0.05) is 16.0 Å². The number of aryl methyl sites for hydroxylation is 3. The normalized spacial score (nSPS) is 10.9. The molecule has 108 valence electrons. The number of hydrogen-bond acceptors (Lipinski definition) is 2. The van der Waals surface area contributed by atoms with Crippen molar-refractivity contribution in [2.45, 2.75) is 33.9 Å². The van der Waals surface area contributed by atoms with Gasteiger partial charge in [-0.15, -0.1) is 0 Å². The van der Waals surface area contributed by atoms with Gasteiger partial charge in [-0.3, -0.25) is 4.68 Å². The van der Waals surface area contributed by atoms with Gasteiger partial charge in [0.2, 0.25) is 0 Å². The largest absolute Gasteiger partial charge is 0.378 e. The predicted octanol–water partition coefficient (Wildman–Crippen LogP) is 5.20. The first-order valence-corrected chi connectivity index (χ1v) is 7.90. The van der Waals surface area contributed by atoms with Gasteiger partial charge in [0.15, 0.2) is 0 Å². The smallest absolute Gasteiger partial charge is 0.0865 e. The van der Waals surface area contributed by atoms with Crippen LogP contribution in [0.1, 0.15) is 23.9 Å². The van der Waals surface area contributed by atoms with Crippen LogP contribution in [0, 0.1) is 13.8 Å². The molecule has 0 amide bonds. The maximum atomic E-state index is 6.29. The summed E-state index contributed by atoms with van der Waals surface area (Å²) in [4.78, 5) is 0. The summed E-state index contributed by atoms with van der Waals surface area (Å²) < 4.78 is 2.89. The van der Waals surface area contributed by atoms with E-state index >= 15 is 0 Å². The number of hydrogen-bond donors (Lipinski definition) is 1. The highest BCUT2D eigenvalue weighted by atomic mass is 79.9. The van der Waals surface area contributed by atoms with E-state index in [4.69, 9.17) is 23.2 Å². The zero-order chi connectivity index (χ0) is 14.9. The number of nitrogens with one attached hydrogen (secondary N) is 1. The number of anilines is 1. The minimum atomic E-state index is 0.603. The van der Waals surface area contributed by atoms with Crippen molar-refractivity contribution < 1.29 is 0 Å². The Bertz CT molecular complexity index is 638. The first-order chi connectivity index (χ1) is 9.43. The van der Waals surface area contributed by atoms with Gasteiger partial charge in [-0.25, -0.2) is 0 Å². The van der Waals surface area contributed by atoms with E-state index in [1.54, 1.807) is 0 Å². The van der Waals surface area contributed by atoms with Gasteiger partial charge in [-0.05, 0) is 54.4 Å². The van der Waals surface area contributed by atoms with Crippen molar-refractivity contribution in [2.24, 2.45) is 0 Å². The molecule has 0 saturated carbocycles. The molecule has 0 aliphatic rings. The van der Waals surface area contributed by atoms with Crippen molar-refractivity contribution in [3.63, 3.8) is 0 Å². The third kappa shape index (κ3) is 3.13. The van der Waals surface area contributed by atoms with Crippen LogP contribution in [0.2, 0.25) is 10.0 Å². The van der Waals surface area contributed by atoms with Gasteiger partial charge < -0.3 is 5.32 Å². The summed E-state index contributed by atoms with van der Waals surface area (Å²) in [6, 6.07) is 3.91. The van der Waals surface area contributed by atoms with Gasteiger partial charge in [0.25, 0.3) is 0 Å². The monoisotopic (exact) mass is 375 g/mol. The molecule has 0 aliphatic heterocycles. The summed E-state index contributed by atoms with van der Waals surface area (Å²) in [7, 11) is 0. The van der Waals surface area contributed by atoms with Crippen LogP contribution in [0.3, 0.4) is 0 Å². The molecule has 6 heteroatoms. The minimum Gasteiger partial charge on any atom is -0.378 e. The number of aromatic nitrogens is 2. The molecule has 0 fully saturated rings. The summed E-state index contributed by atoms with van der Waals surface area (Å²) in [6.07, 6.45) is 0. The fraction of sp³-hybridized carbons (Fsp3) is 0.357. The molecular weight excluding hydrogens is 361 g/mol. The number of nitrogens with zero attached hydrogens (tertiary/aromatic N) is 2. The topological polar surface area (TPSA) is 29.9 Å². The van der Waals surface area contributed by atoms with Crippen LogP contribution in [-0.4, -0.2) is 9.78 Å². The highest BCUT2D eigenvalue weighted by molar-refractivity contribution is 9.10. The third-order valence-electron chi connectivity index (χ3n) is 3.15. The first-order valence-electron chi connectivity index (χ1n) is 6.35. The second-order valence-corrected chi connectivity index (χ2v) is 6.24. The van der Waals surface area contributed by atoms with E-state index in [0.29, 0.717) is 11.6 Å². The van der Waals surface area contributed by atoms with Crippen LogP contribution < -0.4 is 5.32 Å². The van der Waals surface area contributed by atoms with E-state index < -0.39 is 0 Å². The summed E-state index contributed by atoms with van der Waals surface area (Å²) in [5, 5.41) is 9.21. The fourth-order valence-electron chi connectivity index (χ4n) is 2.00. The van der Waals surface area contributed by atoms with Crippen LogP contribution in [0.4, 0.5) is 5.69 Å². The van der Waals surface area contributed by atoms with Crippen LogP contribution in [0.15, 0.2) is 16.6 Å². The van der Waals surface area contributed by atoms with E-state index in [-0.39, 0.29) is 0 Å². The molecule has 0 atom stereocenters. The summed E-state index contributed by atoms with van der Waals surface area (Å²) in [5.41, 5.74) is 3.82. The zero-order valence-corrected chi connectivity index (χ0v) is 14.7. The Hall–Kier alpha value is -0.710. The van der Waals surface area contributed by atoms with Gasteiger partial charge in [0.05, 0.1) is 28.6 Å². The minimum absolute atomic E-state index is 0.603. The van der Waals surface area contributed by atoms with Crippen molar-refractivity contribution in [3.05, 3.63) is 43.6 Å². The Morgan fingerprint density at radius 2 is 2.00 bits per heavy atom. The Morgan fingerprint density at radius 3 is 2.65 bits per heavy atom. The fourth-order valence-corrected chi connectivity index (χ4v) is 2.96. The van der Waals surface area contributed by atoms with E-state index in [1.165, 1.54) is 0 Å². The average molecular weight is 377 g/mol. The first kappa shape index (κ1) is 15.7. The van der Waals surface area contributed by atoms with Crippen LogP contribution in [0.25, 0.3) is 0 Å². The lowest BCUT2D eigenvalue weighted by atomic mass is 10.2. The molecule has 1 N–H and O–H groups in total. The van der Waals surface area contributed by atoms with Gasteiger partial charge >= 0.3 is 0 Å². The van der Waals surface area contributed by atoms with E-state index in [9.17, 15) is 0 Å². The van der Waals surface area contributed by atoms with Crippen LogP contribution >= 0.6 is 39.1 Å². The molecule has 3 nitrogen and oxygen atoms in total. The molecule has 0 radical (unpaired) electrons. The Balaban J connectivity index is 2.23. The third-order valence-corrected chi connectivity index (χ3v) is 4.70. The summed E-state index contributed by atoms with van der Waals surface area (Å²) in [5.74, 6) is 0. The molecule has 1 aromatic carbocycles. The Labute approximate surface area is 137 Å². The Morgan fingerprint density at radius 1 is 1.30 bits per heavy atom. The van der Waals surface area contributed by atoms with E-state index in [2.05, 4.69) is 26.3 Å². The lowest BCUT2D eigenvalue weighted by Gasteiger charge is -2.12. The van der Waals surface area contributed by atoms with E-state index in [1.807, 2.05) is 37.6 Å². The molecule has 0 aliphatic carbocycles. The van der Waals surface area contributed by atoms with Crippen molar-refractivity contribution in [3.8, 4) is 0 Å². The Kier molecular flexibility index (Phi) is 4.99. The summed E-state index contributed by atoms with van der Waals surface area (Å²) >= 11 is 16.0. The molecule has 0 spiro atoms. The summed E-state index contributed by atoms with van der Waals surface area (Å²) in [6.45, 7) is 7.33. The molecule has 0 saturated heterocycles. The molecule has 2 rings (SSSR count). The predicted molar refractivity (Wildman–Crippen MR) is 88.9 cm³/mol. The zero-order valence-electron chi connectivity index (χ0n) is 11.6. The van der Waals surface area contributed by atoms with Crippen molar-refractivity contribution >= 4 is 44.8 Å². The highest BCUT2D eigenvalue weighted by Crippen LogP contribution is 2.30. The molecule has 1 heterocycles. The molecule has 0 unspecified atom stereocenters. The average Bonchev–Trinajstić information content (AvgIpc) is 2.68. The van der Waals surface area contributed by atoms with Crippen molar-refractivity contribution in [2.75, 3.05) is 5.32 Å². The van der Waals surface area contributed by atoms with Crippen molar-refractivity contribution in [1.82, 2.24) is 9.78 Å².